The van der Waals surface area contributed by atoms with E-state index in [1.165, 1.54) is 0 Å². The van der Waals surface area contributed by atoms with Gasteiger partial charge in [0, 0.05) is 23.1 Å². The molecule has 1 saturated heterocycles. The molecule has 1 amide bonds. The van der Waals surface area contributed by atoms with Gasteiger partial charge in [0.25, 0.3) is 5.91 Å². The van der Waals surface area contributed by atoms with E-state index in [0.717, 1.165) is 10.0 Å². The van der Waals surface area contributed by atoms with Crippen molar-refractivity contribution < 1.29 is 13.2 Å². The molecular weight excluding hydrogens is 330 g/mol. The summed E-state index contributed by atoms with van der Waals surface area (Å²) in [4.78, 5) is 14.0. The quantitative estimate of drug-likeness (QED) is 0.782. The van der Waals surface area contributed by atoms with E-state index in [9.17, 15) is 13.2 Å². The molecule has 0 aliphatic carbocycles. The number of aryl methyl sites for hydroxylation is 1. The smallest absolute Gasteiger partial charge is 0.253 e. The van der Waals surface area contributed by atoms with Crippen LogP contribution in [0.15, 0.2) is 22.7 Å². The van der Waals surface area contributed by atoms with Crippen molar-refractivity contribution in [2.45, 2.75) is 13.3 Å². The Morgan fingerprint density at radius 2 is 2.00 bits per heavy atom. The molecule has 1 aliphatic heterocycles. The summed E-state index contributed by atoms with van der Waals surface area (Å²) in [5.74, 6) is 0.150. The fourth-order valence-electron chi connectivity index (χ4n) is 2.10. The summed E-state index contributed by atoms with van der Waals surface area (Å²) in [5, 5.41) is 0. The van der Waals surface area contributed by atoms with Crippen molar-refractivity contribution in [2.24, 2.45) is 0 Å². The highest BCUT2D eigenvalue weighted by Gasteiger charge is 2.23. The highest BCUT2D eigenvalue weighted by Crippen LogP contribution is 2.19. The summed E-state index contributed by atoms with van der Waals surface area (Å²) >= 11 is 3.40. The predicted octanol–water partition coefficient (Wildman–Crippen LogP) is 2.02. The number of hydrogen-bond acceptors (Lipinski definition) is 3. The van der Waals surface area contributed by atoms with Crippen molar-refractivity contribution in [3.8, 4) is 0 Å². The fourth-order valence-corrected chi connectivity index (χ4v) is 3.62. The van der Waals surface area contributed by atoms with Gasteiger partial charge in [-0.15, -0.1) is 0 Å². The van der Waals surface area contributed by atoms with Gasteiger partial charge in [-0.25, -0.2) is 8.42 Å². The first-order valence-corrected chi connectivity index (χ1v) is 8.76. The highest BCUT2D eigenvalue weighted by atomic mass is 79.9. The van der Waals surface area contributed by atoms with Gasteiger partial charge in [0.2, 0.25) is 0 Å². The Balaban J connectivity index is 2.17. The van der Waals surface area contributed by atoms with Crippen molar-refractivity contribution >= 4 is 31.7 Å². The monoisotopic (exact) mass is 345 g/mol. The zero-order valence-electron chi connectivity index (χ0n) is 10.7. The van der Waals surface area contributed by atoms with Gasteiger partial charge in [-0.1, -0.05) is 15.9 Å². The van der Waals surface area contributed by atoms with Crippen LogP contribution in [0.1, 0.15) is 22.3 Å². The summed E-state index contributed by atoms with van der Waals surface area (Å²) in [6.45, 7) is 2.72. The molecule has 6 heteroatoms. The van der Waals surface area contributed by atoms with Crippen molar-refractivity contribution in [3.63, 3.8) is 0 Å². The largest absolute Gasteiger partial charge is 0.338 e. The second kappa shape index (κ2) is 5.63. The van der Waals surface area contributed by atoms with Gasteiger partial charge in [-0.2, -0.15) is 0 Å². The van der Waals surface area contributed by atoms with Gasteiger partial charge < -0.3 is 4.90 Å². The lowest BCUT2D eigenvalue weighted by Gasteiger charge is -2.20. The van der Waals surface area contributed by atoms with Gasteiger partial charge in [0.05, 0.1) is 11.5 Å². The van der Waals surface area contributed by atoms with E-state index >= 15 is 0 Å². The number of amides is 1. The predicted molar refractivity (Wildman–Crippen MR) is 78.1 cm³/mol. The Kier molecular flexibility index (Phi) is 4.30. The Hall–Kier alpha value is -0.880. The molecule has 104 valence electrons. The van der Waals surface area contributed by atoms with Gasteiger partial charge in [-0.3, -0.25) is 4.79 Å². The number of halogens is 1. The molecule has 0 N–H and O–H groups in total. The second-order valence-electron chi connectivity index (χ2n) is 4.76. The minimum Gasteiger partial charge on any atom is -0.338 e. The molecular formula is C13H16BrNO3S. The van der Waals surface area contributed by atoms with E-state index in [0.29, 0.717) is 18.5 Å². The van der Waals surface area contributed by atoms with Crippen LogP contribution >= 0.6 is 15.9 Å². The Morgan fingerprint density at radius 3 is 2.68 bits per heavy atom. The summed E-state index contributed by atoms with van der Waals surface area (Å²) < 4.78 is 24.0. The van der Waals surface area contributed by atoms with E-state index in [1.54, 1.807) is 11.0 Å². The van der Waals surface area contributed by atoms with Crippen LogP contribution in [-0.4, -0.2) is 43.8 Å². The van der Waals surface area contributed by atoms with Crippen LogP contribution < -0.4 is 0 Å². The number of rotatable bonds is 1. The summed E-state index contributed by atoms with van der Waals surface area (Å²) in [7, 11) is -2.98. The first-order chi connectivity index (χ1) is 8.89. The molecule has 0 spiro atoms. The zero-order valence-corrected chi connectivity index (χ0v) is 13.1. The first kappa shape index (κ1) is 14.5. The molecule has 1 aromatic rings. The van der Waals surface area contributed by atoms with Crippen LogP contribution in [0.25, 0.3) is 0 Å². The SMILES string of the molecule is Cc1cc(C(=O)N2CCCS(=O)(=O)CC2)ccc1Br. The molecule has 0 atom stereocenters. The normalized spacial score (nSPS) is 18.9. The third kappa shape index (κ3) is 3.57. The van der Waals surface area contributed by atoms with Crippen molar-refractivity contribution in [1.82, 2.24) is 4.90 Å². The molecule has 2 rings (SSSR count). The van der Waals surface area contributed by atoms with E-state index in [4.69, 9.17) is 0 Å². The summed E-state index contributed by atoms with van der Waals surface area (Å²) in [6, 6.07) is 5.43. The molecule has 0 unspecified atom stereocenters. The number of carbonyl (C=O) groups excluding carboxylic acids is 1. The summed E-state index contributed by atoms with van der Waals surface area (Å²) in [6.07, 6.45) is 0.517. The molecule has 1 fully saturated rings. The molecule has 4 nitrogen and oxygen atoms in total. The lowest BCUT2D eigenvalue weighted by molar-refractivity contribution is 0.0768. The maximum absolute atomic E-state index is 12.3. The fraction of sp³-hybridized carbons (Fsp3) is 0.462. The molecule has 0 aromatic heterocycles. The Labute approximate surface area is 121 Å². The Morgan fingerprint density at radius 1 is 1.26 bits per heavy atom. The lowest BCUT2D eigenvalue weighted by atomic mass is 10.1. The van der Waals surface area contributed by atoms with Crippen LogP contribution in [0.4, 0.5) is 0 Å². The topological polar surface area (TPSA) is 54.5 Å². The third-order valence-electron chi connectivity index (χ3n) is 3.25. The number of nitrogens with zero attached hydrogens (tertiary/aromatic N) is 1. The van der Waals surface area contributed by atoms with Crippen LogP contribution in [-0.2, 0) is 9.84 Å². The average Bonchev–Trinajstić information content (AvgIpc) is 2.53. The molecule has 0 saturated carbocycles. The van der Waals surface area contributed by atoms with Gasteiger partial charge in [0.15, 0.2) is 9.84 Å². The van der Waals surface area contributed by atoms with Crippen LogP contribution in [0, 0.1) is 6.92 Å². The molecule has 0 bridgehead atoms. The average molecular weight is 346 g/mol. The molecule has 1 aliphatic rings. The lowest BCUT2D eigenvalue weighted by Crippen LogP contribution is -2.33. The minimum absolute atomic E-state index is 0.0637. The van der Waals surface area contributed by atoms with E-state index in [2.05, 4.69) is 15.9 Å². The van der Waals surface area contributed by atoms with Gasteiger partial charge >= 0.3 is 0 Å². The molecule has 1 heterocycles. The van der Waals surface area contributed by atoms with E-state index < -0.39 is 9.84 Å². The number of benzene rings is 1. The second-order valence-corrected chi connectivity index (χ2v) is 7.92. The number of carbonyl (C=O) groups is 1. The minimum atomic E-state index is -2.98. The van der Waals surface area contributed by atoms with Crippen LogP contribution in [0.5, 0.6) is 0 Å². The molecule has 19 heavy (non-hydrogen) atoms. The van der Waals surface area contributed by atoms with Crippen LogP contribution in [0.3, 0.4) is 0 Å². The van der Waals surface area contributed by atoms with E-state index in [-0.39, 0.29) is 24.0 Å². The number of sulfone groups is 1. The first-order valence-electron chi connectivity index (χ1n) is 6.15. The third-order valence-corrected chi connectivity index (χ3v) is 5.85. The maximum Gasteiger partial charge on any atom is 0.253 e. The molecule has 1 aromatic carbocycles. The number of hydrogen-bond donors (Lipinski definition) is 0. The van der Waals surface area contributed by atoms with Gasteiger partial charge in [0.1, 0.15) is 0 Å². The van der Waals surface area contributed by atoms with Crippen LogP contribution in [0.2, 0.25) is 0 Å². The zero-order chi connectivity index (χ0) is 14.0. The van der Waals surface area contributed by atoms with Crippen molar-refractivity contribution in [3.05, 3.63) is 33.8 Å². The summed E-state index contributed by atoms with van der Waals surface area (Å²) in [5.41, 5.74) is 1.60. The van der Waals surface area contributed by atoms with Crippen molar-refractivity contribution in [1.29, 1.82) is 0 Å². The van der Waals surface area contributed by atoms with Crippen molar-refractivity contribution in [2.75, 3.05) is 24.6 Å². The highest BCUT2D eigenvalue weighted by molar-refractivity contribution is 9.10. The molecule has 0 radical (unpaired) electrons. The Bertz CT molecular complexity index is 598. The maximum atomic E-state index is 12.3. The van der Waals surface area contributed by atoms with Gasteiger partial charge in [-0.05, 0) is 37.1 Å². The van der Waals surface area contributed by atoms with E-state index in [1.807, 2.05) is 19.1 Å². The standard InChI is InChI=1S/C13H16BrNO3S/c1-10-9-11(3-4-12(10)14)13(16)15-5-2-7-19(17,18)8-6-15/h3-4,9H,2,5-8H2,1H3.